The summed E-state index contributed by atoms with van der Waals surface area (Å²) in [6.07, 6.45) is 1.47. The molecule has 0 spiro atoms. The average molecular weight is 256 g/mol. The molecule has 1 aromatic carbocycles. The predicted molar refractivity (Wildman–Crippen MR) is 76.5 cm³/mol. The van der Waals surface area contributed by atoms with Crippen LogP contribution in [-0.4, -0.2) is 15.6 Å². The van der Waals surface area contributed by atoms with Crippen LogP contribution in [0.5, 0.6) is 0 Å². The van der Waals surface area contributed by atoms with Crippen LogP contribution in [0.15, 0.2) is 30.3 Å². The Morgan fingerprint density at radius 3 is 2.53 bits per heavy atom. The fourth-order valence-corrected chi connectivity index (χ4v) is 2.37. The summed E-state index contributed by atoms with van der Waals surface area (Å²) in [5, 5.41) is 4.49. The first-order valence-electron chi connectivity index (χ1n) is 6.74. The van der Waals surface area contributed by atoms with E-state index in [0.29, 0.717) is 6.42 Å². The van der Waals surface area contributed by atoms with E-state index in [0.717, 1.165) is 29.9 Å². The van der Waals surface area contributed by atoms with Crippen molar-refractivity contribution in [1.82, 2.24) is 9.78 Å². The van der Waals surface area contributed by atoms with Gasteiger partial charge in [-0.2, -0.15) is 5.10 Å². The summed E-state index contributed by atoms with van der Waals surface area (Å²) in [5.74, 6) is 0.181. The molecular weight excluding hydrogens is 236 g/mol. The number of Topliss-reactive ketones (excluding diaryl/α,β-unsaturated/α-hetero) is 1. The Labute approximate surface area is 114 Å². The third kappa shape index (κ3) is 2.92. The summed E-state index contributed by atoms with van der Waals surface area (Å²) in [7, 11) is 0. The molecule has 0 amide bonds. The van der Waals surface area contributed by atoms with Crippen LogP contribution in [0.1, 0.15) is 40.7 Å². The minimum atomic E-state index is 0.181. The molecule has 0 unspecified atom stereocenters. The van der Waals surface area contributed by atoms with Gasteiger partial charge >= 0.3 is 0 Å². The van der Waals surface area contributed by atoms with Crippen LogP contribution in [0.2, 0.25) is 0 Å². The quantitative estimate of drug-likeness (QED) is 0.769. The van der Waals surface area contributed by atoms with Crippen LogP contribution >= 0.6 is 0 Å². The van der Waals surface area contributed by atoms with E-state index in [4.69, 9.17) is 0 Å². The molecular formula is C16H20N2O. The van der Waals surface area contributed by atoms with E-state index < -0.39 is 0 Å². The smallest absolute Gasteiger partial charge is 0.166 e. The lowest BCUT2D eigenvalue weighted by Crippen LogP contribution is -2.06. The van der Waals surface area contributed by atoms with Gasteiger partial charge in [0.1, 0.15) is 0 Å². The van der Waals surface area contributed by atoms with Crippen LogP contribution in [0, 0.1) is 13.8 Å². The molecule has 0 fully saturated rings. The van der Waals surface area contributed by atoms with Gasteiger partial charge in [-0.3, -0.25) is 9.48 Å². The van der Waals surface area contributed by atoms with Gasteiger partial charge in [0.05, 0.1) is 11.3 Å². The van der Waals surface area contributed by atoms with Crippen molar-refractivity contribution in [2.75, 3.05) is 0 Å². The molecule has 1 aromatic heterocycles. The zero-order valence-corrected chi connectivity index (χ0v) is 11.8. The maximum atomic E-state index is 11.9. The molecule has 0 atom stereocenters. The second-order valence-corrected chi connectivity index (χ2v) is 4.78. The number of carbonyl (C=O) groups is 1. The molecule has 2 aromatic rings. The Morgan fingerprint density at radius 2 is 1.89 bits per heavy atom. The number of benzene rings is 1. The molecule has 19 heavy (non-hydrogen) atoms. The average Bonchev–Trinajstić information content (AvgIpc) is 2.71. The number of ketones is 1. The van der Waals surface area contributed by atoms with Gasteiger partial charge in [0.2, 0.25) is 0 Å². The summed E-state index contributed by atoms with van der Waals surface area (Å²) in [6.45, 7) is 6.60. The molecule has 0 saturated carbocycles. The number of rotatable bonds is 5. The maximum Gasteiger partial charge on any atom is 0.166 e. The number of aromatic nitrogens is 2. The Hall–Kier alpha value is -1.90. The second-order valence-electron chi connectivity index (χ2n) is 4.78. The SMILES string of the molecule is CCC(=O)c1c(C)nn(CCc2ccccc2)c1C. The first-order chi connectivity index (χ1) is 9.13. The van der Waals surface area contributed by atoms with Gasteiger partial charge in [-0.05, 0) is 25.8 Å². The number of nitrogens with zero attached hydrogens (tertiary/aromatic N) is 2. The zero-order chi connectivity index (χ0) is 13.8. The highest BCUT2D eigenvalue weighted by Gasteiger charge is 2.16. The van der Waals surface area contributed by atoms with Gasteiger partial charge in [0.25, 0.3) is 0 Å². The number of hydrogen-bond donors (Lipinski definition) is 0. The molecule has 0 saturated heterocycles. The molecule has 0 bridgehead atoms. The van der Waals surface area contributed by atoms with Crippen molar-refractivity contribution in [2.45, 2.75) is 40.2 Å². The van der Waals surface area contributed by atoms with Gasteiger partial charge in [-0.1, -0.05) is 37.3 Å². The van der Waals surface area contributed by atoms with Crippen molar-refractivity contribution < 1.29 is 4.79 Å². The Kier molecular flexibility index (Phi) is 4.15. The first kappa shape index (κ1) is 13.5. The predicted octanol–water partition coefficient (Wildman–Crippen LogP) is 3.34. The third-order valence-corrected chi connectivity index (χ3v) is 3.44. The maximum absolute atomic E-state index is 11.9. The van der Waals surface area contributed by atoms with Gasteiger partial charge in [-0.25, -0.2) is 0 Å². The Morgan fingerprint density at radius 1 is 1.21 bits per heavy atom. The summed E-state index contributed by atoms with van der Waals surface area (Å²) >= 11 is 0. The van der Waals surface area contributed by atoms with E-state index in [1.165, 1.54) is 5.56 Å². The van der Waals surface area contributed by atoms with Crippen LogP contribution in [0.25, 0.3) is 0 Å². The molecule has 3 heteroatoms. The highest BCUT2D eigenvalue weighted by molar-refractivity contribution is 5.97. The molecule has 0 aliphatic rings. The van der Waals surface area contributed by atoms with Crippen LogP contribution in [0.4, 0.5) is 0 Å². The minimum Gasteiger partial charge on any atom is -0.294 e. The van der Waals surface area contributed by atoms with Crippen molar-refractivity contribution in [3.8, 4) is 0 Å². The highest BCUT2D eigenvalue weighted by Crippen LogP contribution is 2.15. The highest BCUT2D eigenvalue weighted by atomic mass is 16.1. The minimum absolute atomic E-state index is 0.181. The second kappa shape index (κ2) is 5.83. The van der Waals surface area contributed by atoms with Gasteiger partial charge < -0.3 is 0 Å². The molecule has 0 N–H and O–H groups in total. The molecule has 3 nitrogen and oxygen atoms in total. The number of aryl methyl sites for hydroxylation is 3. The molecule has 0 aliphatic carbocycles. The number of hydrogen-bond acceptors (Lipinski definition) is 2. The Balaban J connectivity index is 2.16. The Bertz CT molecular complexity index is 570. The van der Waals surface area contributed by atoms with E-state index >= 15 is 0 Å². The van der Waals surface area contributed by atoms with E-state index in [9.17, 15) is 4.79 Å². The normalized spacial score (nSPS) is 10.7. The zero-order valence-electron chi connectivity index (χ0n) is 11.8. The van der Waals surface area contributed by atoms with Crippen molar-refractivity contribution in [3.63, 3.8) is 0 Å². The molecule has 100 valence electrons. The molecule has 1 heterocycles. The van der Waals surface area contributed by atoms with E-state index in [2.05, 4.69) is 17.2 Å². The van der Waals surface area contributed by atoms with E-state index in [-0.39, 0.29) is 5.78 Å². The van der Waals surface area contributed by atoms with Crippen molar-refractivity contribution >= 4 is 5.78 Å². The van der Waals surface area contributed by atoms with Gasteiger partial charge in [0, 0.05) is 18.7 Å². The van der Waals surface area contributed by atoms with Crippen LogP contribution < -0.4 is 0 Å². The third-order valence-electron chi connectivity index (χ3n) is 3.44. The van der Waals surface area contributed by atoms with Gasteiger partial charge in [0.15, 0.2) is 5.78 Å². The topological polar surface area (TPSA) is 34.9 Å². The fraction of sp³-hybridized carbons (Fsp3) is 0.375. The van der Waals surface area contributed by atoms with E-state index in [1.807, 2.05) is 43.7 Å². The lowest BCUT2D eigenvalue weighted by molar-refractivity contribution is 0.0987. The molecule has 0 radical (unpaired) electrons. The fourth-order valence-electron chi connectivity index (χ4n) is 2.37. The summed E-state index contributed by atoms with van der Waals surface area (Å²) in [4.78, 5) is 11.9. The van der Waals surface area contributed by atoms with Crippen molar-refractivity contribution in [1.29, 1.82) is 0 Å². The monoisotopic (exact) mass is 256 g/mol. The lowest BCUT2D eigenvalue weighted by Gasteiger charge is -2.05. The molecule has 2 rings (SSSR count). The van der Waals surface area contributed by atoms with Crippen molar-refractivity contribution in [3.05, 3.63) is 52.8 Å². The van der Waals surface area contributed by atoms with Crippen molar-refractivity contribution in [2.24, 2.45) is 0 Å². The first-order valence-corrected chi connectivity index (χ1v) is 6.74. The van der Waals surface area contributed by atoms with Crippen LogP contribution in [0.3, 0.4) is 0 Å². The standard InChI is InChI=1S/C16H20N2O/c1-4-15(19)16-12(2)17-18(13(16)3)11-10-14-8-6-5-7-9-14/h5-9H,4,10-11H2,1-3H3. The summed E-state index contributed by atoms with van der Waals surface area (Å²) < 4.78 is 1.95. The van der Waals surface area contributed by atoms with Crippen LogP contribution in [-0.2, 0) is 13.0 Å². The lowest BCUT2D eigenvalue weighted by atomic mass is 10.1. The van der Waals surface area contributed by atoms with Gasteiger partial charge in [-0.15, -0.1) is 0 Å². The molecule has 0 aliphatic heterocycles. The largest absolute Gasteiger partial charge is 0.294 e. The summed E-state index contributed by atoms with van der Waals surface area (Å²) in [5.41, 5.74) is 3.92. The number of carbonyl (C=O) groups excluding carboxylic acids is 1. The summed E-state index contributed by atoms with van der Waals surface area (Å²) in [6, 6.07) is 10.3. The van der Waals surface area contributed by atoms with E-state index in [1.54, 1.807) is 0 Å².